The second kappa shape index (κ2) is 8.97. The number of anilines is 1. The zero-order valence-corrected chi connectivity index (χ0v) is 19.4. The molecular formula is C21H27N3O5S2. The van der Waals surface area contributed by atoms with E-state index in [0.29, 0.717) is 25.1 Å². The van der Waals surface area contributed by atoms with Crippen LogP contribution in [-0.4, -0.2) is 59.5 Å². The summed E-state index contributed by atoms with van der Waals surface area (Å²) in [6.45, 7) is 2.56. The van der Waals surface area contributed by atoms with Crippen LogP contribution in [0.4, 0.5) is 5.69 Å². The highest BCUT2D eigenvalue weighted by Gasteiger charge is 2.28. The number of amides is 1. The number of carbonyl (C=O) groups is 1. The molecule has 2 aromatic rings. The molecule has 1 unspecified atom stereocenters. The molecule has 10 heteroatoms. The Hall–Kier alpha value is -2.43. The van der Waals surface area contributed by atoms with Crippen molar-refractivity contribution in [3.8, 4) is 0 Å². The fourth-order valence-electron chi connectivity index (χ4n) is 3.48. The van der Waals surface area contributed by atoms with E-state index in [9.17, 15) is 21.6 Å². The molecule has 0 saturated carbocycles. The second-order valence-corrected chi connectivity index (χ2v) is 11.7. The highest BCUT2D eigenvalue weighted by Crippen LogP contribution is 2.23. The monoisotopic (exact) mass is 465 g/mol. The largest absolute Gasteiger partial charge is 0.348 e. The minimum atomic E-state index is -3.86. The quantitative estimate of drug-likeness (QED) is 0.703. The Balaban J connectivity index is 1.77. The van der Waals surface area contributed by atoms with Crippen LogP contribution in [0.25, 0.3) is 0 Å². The average molecular weight is 466 g/mol. The first-order chi connectivity index (χ1) is 14.5. The summed E-state index contributed by atoms with van der Waals surface area (Å²) >= 11 is 0. The minimum Gasteiger partial charge on any atom is -0.348 e. The summed E-state index contributed by atoms with van der Waals surface area (Å²) in [5.41, 5.74) is 1.74. The molecule has 0 radical (unpaired) electrons. The van der Waals surface area contributed by atoms with E-state index >= 15 is 0 Å². The van der Waals surface area contributed by atoms with E-state index in [1.54, 1.807) is 12.1 Å². The van der Waals surface area contributed by atoms with Crippen LogP contribution in [0.3, 0.4) is 0 Å². The summed E-state index contributed by atoms with van der Waals surface area (Å²) in [7, 11) is -5.72. The van der Waals surface area contributed by atoms with Crippen LogP contribution in [0.5, 0.6) is 0 Å². The Kier molecular flexibility index (Phi) is 6.73. The van der Waals surface area contributed by atoms with Gasteiger partial charge in [0, 0.05) is 31.7 Å². The maximum Gasteiger partial charge on any atom is 0.264 e. The third-order valence-corrected chi connectivity index (χ3v) is 8.39. The zero-order chi connectivity index (χ0) is 22.8. The topological polar surface area (TPSA) is 104 Å². The minimum absolute atomic E-state index is 0.00429. The Morgan fingerprint density at radius 2 is 1.77 bits per heavy atom. The fourth-order valence-corrected chi connectivity index (χ4v) is 5.63. The lowest BCUT2D eigenvalue weighted by molar-refractivity contribution is 0.0921. The van der Waals surface area contributed by atoms with E-state index in [1.165, 1.54) is 39.9 Å². The second-order valence-electron chi connectivity index (χ2n) is 7.77. The standard InChI is InChI=1S/C21H27N3O5S2/c1-16-9-11-19(12-10-16)23(2)31(28,29)20-8-4-6-17(14-20)21(25)22-18-7-5-13-24(15-18)30(3,26)27/h4,6,8-12,14,18H,5,7,13,15H2,1-3H3,(H,22,25). The number of hydrogen-bond donors (Lipinski definition) is 1. The third kappa shape index (κ3) is 5.44. The first-order valence-electron chi connectivity index (χ1n) is 9.90. The molecule has 0 bridgehead atoms. The summed E-state index contributed by atoms with van der Waals surface area (Å²) in [5, 5.41) is 2.83. The van der Waals surface area contributed by atoms with Crippen LogP contribution >= 0.6 is 0 Å². The number of piperidine rings is 1. The third-order valence-electron chi connectivity index (χ3n) is 5.34. The summed E-state index contributed by atoms with van der Waals surface area (Å²) in [6.07, 6.45) is 2.45. The number of hydrogen-bond acceptors (Lipinski definition) is 5. The number of carbonyl (C=O) groups excluding carboxylic acids is 1. The van der Waals surface area contributed by atoms with Crippen molar-refractivity contribution in [1.29, 1.82) is 0 Å². The molecule has 1 amide bonds. The van der Waals surface area contributed by atoms with Crippen molar-refractivity contribution in [3.05, 3.63) is 59.7 Å². The van der Waals surface area contributed by atoms with Gasteiger partial charge in [-0.15, -0.1) is 0 Å². The molecule has 0 aromatic heterocycles. The number of nitrogens with zero attached hydrogens (tertiary/aromatic N) is 2. The van der Waals surface area contributed by atoms with Crippen LogP contribution in [0.15, 0.2) is 53.4 Å². The van der Waals surface area contributed by atoms with Gasteiger partial charge in [0.05, 0.1) is 16.8 Å². The molecule has 31 heavy (non-hydrogen) atoms. The molecule has 0 spiro atoms. The Morgan fingerprint density at radius 3 is 2.42 bits per heavy atom. The lowest BCUT2D eigenvalue weighted by Gasteiger charge is -2.31. The molecule has 1 N–H and O–H groups in total. The molecule has 1 atom stereocenters. The van der Waals surface area contributed by atoms with Gasteiger partial charge < -0.3 is 5.32 Å². The molecule has 8 nitrogen and oxygen atoms in total. The summed E-state index contributed by atoms with van der Waals surface area (Å²) in [4.78, 5) is 12.7. The fraction of sp³-hybridized carbons (Fsp3) is 0.381. The molecule has 1 aliphatic heterocycles. The van der Waals surface area contributed by atoms with Crippen molar-refractivity contribution in [2.24, 2.45) is 0 Å². The molecule has 168 valence electrons. The van der Waals surface area contributed by atoms with Gasteiger partial charge in [0.25, 0.3) is 15.9 Å². The van der Waals surface area contributed by atoms with Gasteiger partial charge in [0.15, 0.2) is 0 Å². The first kappa shape index (κ1) is 23.2. The predicted octanol–water partition coefficient (Wildman–Crippen LogP) is 1.97. The smallest absolute Gasteiger partial charge is 0.264 e. The summed E-state index contributed by atoms with van der Waals surface area (Å²) in [6, 6.07) is 12.6. The zero-order valence-electron chi connectivity index (χ0n) is 17.8. The molecule has 3 rings (SSSR count). The first-order valence-corrected chi connectivity index (χ1v) is 13.2. The van der Waals surface area contributed by atoms with Crippen LogP contribution < -0.4 is 9.62 Å². The predicted molar refractivity (Wildman–Crippen MR) is 120 cm³/mol. The van der Waals surface area contributed by atoms with Crippen LogP contribution in [0, 0.1) is 6.92 Å². The van der Waals surface area contributed by atoms with Gasteiger partial charge >= 0.3 is 0 Å². The number of nitrogens with one attached hydrogen (secondary N) is 1. The van der Waals surface area contributed by atoms with Gasteiger partial charge in [-0.3, -0.25) is 9.10 Å². The maximum atomic E-state index is 13.1. The van der Waals surface area contributed by atoms with Crippen molar-refractivity contribution in [3.63, 3.8) is 0 Å². The molecule has 1 aliphatic rings. The molecule has 1 heterocycles. The lowest BCUT2D eigenvalue weighted by atomic mass is 10.1. The van der Waals surface area contributed by atoms with E-state index in [2.05, 4.69) is 5.32 Å². The number of rotatable bonds is 6. The van der Waals surface area contributed by atoms with E-state index in [4.69, 9.17) is 0 Å². The van der Waals surface area contributed by atoms with Gasteiger partial charge in [0.2, 0.25) is 10.0 Å². The van der Waals surface area contributed by atoms with Crippen molar-refractivity contribution in [1.82, 2.24) is 9.62 Å². The Bertz CT molecular complexity index is 1160. The van der Waals surface area contributed by atoms with Crippen molar-refractivity contribution in [2.45, 2.75) is 30.7 Å². The number of aryl methyl sites for hydroxylation is 1. The van der Waals surface area contributed by atoms with Crippen molar-refractivity contribution in [2.75, 3.05) is 30.7 Å². The molecule has 0 aliphatic carbocycles. The summed E-state index contributed by atoms with van der Waals surface area (Å²) < 4.78 is 52.2. The lowest BCUT2D eigenvalue weighted by Crippen LogP contribution is -2.49. The average Bonchev–Trinajstić information content (AvgIpc) is 2.73. The highest BCUT2D eigenvalue weighted by atomic mass is 32.2. The normalized spacial score (nSPS) is 17.8. The van der Waals surface area contributed by atoms with Crippen LogP contribution in [0.1, 0.15) is 28.8 Å². The van der Waals surface area contributed by atoms with E-state index in [0.717, 1.165) is 11.8 Å². The van der Waals surface area contributed by atoms with Gasteiger partial charge in [-0.1, -0.05) is 23.8 Å². The molecule has 1 saturated heterocycles. The SMILES string of the molecule is Cc1ccc(N(C)S(=O)(=O)c2cccc(C(=O)NC3CCCN(S(C)(=O)=O)C3)c2)cc1. The highest BCUT2D eigenvalue weighted by molar-refractivity contribution is 7.92. The maximum absolute atomic E-state index is 13.1. The van der Waals surface area contributed by atoms with Crippen LogP contribution in [-0.2, 0) is 20.0 Å². The Morgan fingerprint density at radius 1 is 1.10 bits per heavy atom. The Labute approximate surface area is 184 Å². The molecular weight excluding hydrogens is 438 g/mol. The van der Waals surface area contributed by atoms with E-state index in [-0.39, 0.29) is 23.0 Å². The number of benzene rings is 2. The van der Waals surface area contributed by atoms with Gasteiger partial charge in [-0.2, -0.15) is 0 Å². The molecule has 2 aromatic carbocycles. The molecule has 1 fully saturated rings. The van der Waals surface area contributed by atoms with Gasteiger partial charge in [0.1, 0.15) is 0 Å². The van der Waals surface area contributed by atoms with E-state index in [1.807, 2.05) is 19.1 Å². The van der Waals surface area contributed by atoms with Crippen LogP contribution in [0.2, 0.25) is 0 Å². The van der Waals surface area contributed by atoms with E-state index < -0.39 is 26.0 Å². The summed E-state index contributed by atoms with van der Waals surface area (Å²) in [5.74, 6) is -0.435. The number of sulfonamides is 2. The van der Waals surface area contributed by atoms with Gasteiger partial charge in [-0.05, 0) is 50.1 Å². The van der Waals surface area contributed by atoms with Crippen molar-refractivity contribution >= 4 is 31.6 Å². The van der Waals surface area contributed by atoms with Gasteiger partial charge in [-0.25, -0.2) is 21.1 Å². The van der Waals surface area contributed by atoms with Crippen molar-refractivity contribution < 1.29 is 21.6 Å².